The van der Waals surface area contributed by atoms with E-state index >= 15 is 0 Å². The summed E-state index contributed by atoms with van der Waals surface area (Å²) >= 11 is 1.78. The third kappa shape index (κ3) is 1.41. The van der Waals surface area contributed by atoms with Crippen molar-refractivity contribution in [2.24, 2.45) is 11.5 Å². The van der Waals surface area contributed by atoms with E-state index in [1.807, 2.05) is 6.07 Å². The highest BCUT2D eigenvalue weighted by Crippen LogP contribution is 2.34. The standard InChI is InChI=1S/C13H12N2S/c14-13(15)8-5-6-10-9-3-1-2-4-11(9)16-12(10)7-8/h1-7,13H,14-15H2. The lowest BCUT2D eigenvalue weighted by molar-refractivity contribution is 0.775. The first kappa shape index (κ1) is 9.78. The first-order valence-corrected chi connectivity index (χ1v) is 6.00. The average molecular weight is 228 g/mol. The predicted molar refractivity (Wildman–Crippen MR) is 70.4 cm³/mol. The largest absolute Gasteiger partial charge is 0.312 e. The number of thiophene rings is 1. The molecule has 0 amide bonds. The molecule has 1 aromatic heterocycles. The lowest BCUT2D eigenvalue weighted by atomic mass is 10.1. The fraction of sp³-hybridized carbons (Fsp3) is 0.0769. The van der Waals surface area contributed by atoms with Crippen LogP contribution < -0.4 is 11.5 Å². The van der Waals surface area contributed by atoms with Gasteiger partial charge in [-0.3, -0.25) is 0 Å². The van der Waals surface area contributed by atoms with E-state index in [4.69, 9.17) is 11.5 Å². The van der Waals surface area contributed by atoms with E-state index in [0.717, 1.165) is 5.56 Å². The first-order chi connectivity index (χ1) is 7.75. The first-order valence-electron chi connectivity index (χ1n) is 5.18. The monoisotopic (exact) mass is 228 g/mol. The minimum atomic E-state index is -0.394. The Labute approximate surface area is 97.5 Å². The quantitative estimate of drug-likeness (QED) is 0.629. The second kappa shape index (κ2) is 3.56. The van der Waals surface area contributed by atoms with Gasteiger partial charge in [-0.15, -0.1) is 11.3 Å². The highest BCUT2D eigenvalue weighted by Gasteiger charge is 2.06. The van der Waals surface area contributed by atoms with Crippen molar-refractivity contribution >= 4 is 31.5 Å². The van der Waals surface area contributed by atoms with Crippen molar-refractivity contribution in [2.75, 3.05) is 0 Å². The number of benzene rings is 2. The molecule has 0 unspecified atom stereocenters. The third-order valence-corrected chi connectivity index (χ3v) is 3.92. The minimum absolute atomic E-state index is 0.394. The van der Waals surface area contributed by atoms with Crippen LogP contribution in [0.3, 0.4) is 0 Å². The molecule has 0 atom stereocenters. The maximum Gasteiger partial charge on any atom is 0.0785 e. The van der Waals surface area contributed by atoms with Gasteiger partial charge in [-0.25, -0.2) is 0 Å². The third-order valence-electron chi connectivity index (χ3n) is 2.79. The van der Waals surface area contributed by atoms with Crippen molar-refractivity contribution in [3.8, 4) is 0 Å². The normalized spacial score (nSPS) is 11.7. The van der Waals surface area contributed by atoms with Crippen LogP contribution in [-0.2, 0) is 0 Å². The summed E-state index contributed by atoms with van der Waals surface area (Å²) in [6.07, 6.45) is -0.394. The molecule has 0 radical (unpaired) electrons. The van der Waals surface area contributed by atoms with Crippen molar-refractivity contribution < 1.29 is 0 Å². The van der Waals surface area contributed by atoms with Crippen LogP contribution in [0.4, 0.5) is 0 Å². The van der Waals surface area contributed by atoms with E-state index in [-0.39, 0.29) is 0 Å². The molecule has 0 aliphatic carbocycles. The van der Waals surface area contributed by atoms with E-state index in [0.29, 0.717) is 0 Å². The van der Waals surface area contributed by atoms with Crippen molar-refractivity contribution in [1.29, 1.82) is 0 Å². The van der Waals surface area contributed by atoms with Crippen LogP contribution in [-0.4, -0.2) is 0 Å². The molecular formula is C13H12N2S. The second-order valence-corrected chi connectivity index (χ2v) is 4.96. The Bertz CT molecular complexity index is 655. The second-order valence-electron chi connectivity index (χ2n) is 3.88. The number of nitrogens with two attached hydrogens (primary N) is 2. The molecule has 4 N–H and O–H groups in total. The minimum Gasteiger partial charge on any atom is -0.312 e. The lowest BCUT2D eigenvalue weighted by Crippen LogP contribution is -2.19. The number of rotatable bonds is 1. The summed E-state index contributed by atoms with van der Waals surface area (Å²) in [7, 11) is 0. The Morgan fingerprint density at radius 2 is 1.62 bits per heavy atom. The summed E-state index contributed by atoms with van der Waals surface area (Å²) in [5.74, 6) is 0. The van der Waals surface area contributed by atoms with Crippen LogP contribution in [0.1, 0.15) is 11.7 Å². The topological polar surface area (TPSA) is 52.0 Å². The summed E-state index contributed by atoms with van der Waals surface area (Å²) in [5.41, 5.74) is 12.3. The van der Waals surface area contributed by atoms with Gasteiger partial charge in [0.15, 0.2) is 0 Å². The summed E-state index contributed by atoms with van der Waals surface area (Å²) in [6.45, 7) is 0. The molecule has 0 fully saturated rings. The summed E-state index contributed by atoms with van der Waals surface area (Å²) in [6, 6.07) is 14.6. The molecule has 3 heteroatoms. The Kier molecular flexibility index (Phi) is 2.17. The van der Waals surface area contributed by atoms with Crippen LogP contribution >= 0.6 is 11.3 Å². The smallest absolute Gasteiger partial charge is 0.0785 e. The van der Waals surface area contributed by atoms with Crippen LogP contribution in [0.15, 0.2) is 42.5 Å². The fourth-order valence-corrected chi connectivity index (χ4v) is 3.10. The molecule has 3 aromatic rings. The van der Waals surface area contributed by atoms with Gasteiger partial charge in [0.05, 0.1) is 6.17 Å². The zero-order valence-corrected chi connectivity index (χ0v) is 9.50. The van der Waals surface area contributed by atoms with Gasteiger partial charge in [-0.1, -0.05) is 30.3 Å². The Morgan fingerprint density at radius 3 is 2.44 bits per heavy atom. The van der Waals surface area contributed by atoms with E-state index in [1.54, 1.807) is 11.3 Å². The zero-order chi connectivity index (χ0) is 11.1. The van der Waals surface area contributed by atoms with Crippen molar-refractivity contribution in [3.63, 3.8) is 0 Å². The van der Waals surface area contributed by atoms with Gasteiger partial charge >= 0.3 is 0 Å². The van der Waals surface area contributed by atoms with Crippen molar-refractivity contribution in [2.45, 2.75) is 6.17 Å². The molecule has 16 heavy (non-hydrogen) atoms. The van der Waals surface area contributed by atoms with Gasteiger partial charge in [-0.2, -0.15) is 0 Å². The average Bonchev–Trinajstić information content (AvgIpc) is 2.66. The molecule has 0 aliphatic rings. The summed E-state index contributed by atoms with van der Waals surface area (Å²) < 4.78 is 2.56. The van der Waals surface area contributed by atoms with Crippen LogP contribution in [0.25, 0.3) is 20.2 Å². The van der Waals surface area contributed by atoms with E-state index in [1.165, 1.54) is 20.2 Å². The molecule has 2 aromatic carbocycles. The predicted octanol–water partition coefficient (Wildman–Crippen LogP) is 2.97. The van der Waals surface area contributed by atoms with E-state index in [9.17, 15) is 0 Å². The van der Waals surface area contributed by atoms with Gasteiger partial charge in [-0.05, 0) is 17.7 Å². The molecule has 0 spiro atoms. The van der Waals surface area contributed by atoms with Gasteiger partial charge in [0.1, 0.15) is 0 Å². The van der Waals surface area contributed by atoms with Crippen molar-refractivity contribution in [3.05, 3.63) is 48.0 Å². The SMILES string of the molecule is NC(N)c1ccc2c(c1)sc1ccccc12. The number of hydrogen-bond donors (Lipinski definition) is 2. The Hall–Kier alpha value is -1.42. The van der Waals surface area contributed by atoms with Gasteiger partial charge in [0.25, 0.3) is 0 Å². The Morgan fingerprint density at radius 1 is 0.875 bits per heavy atom. The lowest BCUT2D eigenvalue weighted by Gasteiger charge is -2.04. The zero-order valence-electron chi connectivity index (χ0n) is 8.68. The fourth-order valence-electron chi connectivity index (χ4n) is 1.95. The number of fused-ring (bicyclic) bond motifs is 3. The molecule has 80 valence electrons. The highest BCUT2D eigenvalue weighted by atomic mass is 32.1. The maximum absolute atomic E-state index is 5.68. The molecule has 1 heterocycles. The molecule has 0 saturated carbocycles. The van der Waals surface area contributed by atoms with Crippen LogP contribution in [0, 0.1) is 0 Å². The van der Waals surface area contributed by atoms with Gasteiger partial charge in [0.2, 0.25) is 0 Å². The molecule has 2 nitrogen and oxygen atoms in total. The molecule has 3 rings (SSSR count). The number of hydrogen-bond acceptors (Lipinski definition) is 3. The molecular weight excluding hydrogens is 216 g/mol. The Balaban J connectivity index is 2.37. The molecule has 0 bridgehead atoms. The molecule has 0 saturated heterocycles. The highest BCUT2D eigenvalue weighted by molar-refractivity contribution is 7.25. The summed E-state index contributed by atoms with van der Waals surface area (Å²) in [5, 5.41) is 2.59. The van der Waals surface area contributed by atoms with Gasteiger partial charge in [0, 0.05) is 20.2 Å². The van der Waals surface area contributed by atoms with Gasteiger partial charge < -0.3 is 11.5 Å². The van der Waals surface area contributed by atoms with E-state index in [2.05, 4.69) is 36.4 Å². The maximum atomic E-state index is 5.68. The van der Waals surface area contributed by atoms with Crippen LogP contribution in [0.5, 0.6) is 0 Å². The summed E-state index contributed by atoms with van der Waals surface area (Å²) in [4.78, 5) is 0. The van der Waals surface area contributed by atoms with Crippen LogP contribution in [0.2, 0.25) is 0 Å². The molecule has 0 aliphatic heterocycles. The van der Waals surface area contributed by atoms with E-state index < -0.39 is 6.17 Å². The van der Waals surface area contributed by atoms with Crippen molar-refractivity contribution in [1.82, 2.24) is 0 Å².